The van der Waals surface area contributed by atoms with Gasteiger partial charge in [0.1, 0.15) is 11.5 Å². The molecule has 0 aliphatic rings. The molecular weight excluding hydrogens is 236 g/mol. The van der Waals surface area contributed by atoms with Crippen LogP contribution in [0.1, 0.15) is 36.5 Å². The van der Waals surface area contributed by atoms with Crippen LogP contribution in [0.5, 0.6) is 11.5 Å². The highest BCUT2D eigenvalue weighted by atomic mass is 32.2. The Bertz CT molecular complexity index is 377. The van der Waals surface area contributed by atoms with Gasteiger partial charge in [-0.15, -0.1) is 0 Å². The van der Waals surface area contributed by atoms with E-state index in [1.165, 1.54) is 31.0 Å². The normalized spacial score (nSPS) is 10.4. The summed E-state index contributed by atoms with van der Waals surface area (Å²) >= 11 is 1.59. The molecule has 0 atom stereocenters. The molecule has 4 heteroatoms. The van der Waals surface area contributed by atoms with Gasteiger partial charge in [-0.2, -0.15) is 11.8 Å². The van der Waals surface area contributed by atoms with Crippen molar-refractivity contribution in [1.29, 1.82) is 0 Å². The van der Waals surface area contributed by atoms with E-state index in [-0.39, 0.29) is 22.8 Å². The summed E-state index contributed by atoms with van der Waals surface area (Å²) in [4.78, 5) is 11.7. The van der Waals surface area contributed by atoms with E-state index >= 15 is 0 Å². The quantitative estimate of drug-likeness (QED) is 0.579. The van der Waals surface area contributed by atoms with Crippen molar-refractivity contribution in [3.8, 4) is 11.5 Å². The molecule has 1 rings (SSSR count). The van der Waals surface area contributed by atoms with Gasteiger partial charge in [-0.05, 0) is 24.3 Å². The monoisotopic (exact) mass is 254 g/mol. The summed E-state index contributed by atoms with van der Waals surface area (Å²) in [5, 5.41) is 18.6. The molecule has 1 aromatic carbocycles. The molecule has 0 saturated carbocycles. The van der Waals surface area contributed by atoms with Crippen LogP contribution in [0, 0.1) is 0 Å². The van der Waals surface area contributed by atoms with Crippen molar-refractivity contribution in [2.45, 2.75) is 26.2 Å². The van der Waals surface area contributed by atoms with Gasteiger partial charge >= 0.3 is 0 Å². The van der Waals surface area contributed by atoms with Crippen molar-refractivity contribution >= 4 is 17.5 Å². The van der Waals surface area contributed by atoms with Gasteiger partial charge in [-0.3, -0.25) is 4.79 Å². The zero-order valence-corrected chi connectivity index (χ0v) is 10.8. The Balaban J connectivity index is 2.42. The van der Waals surface area contributed by atoms with Gasteiger partial charge in [-0.25, -0.2) is 0 Å². The second-order valence-corrected chi connectivity index (χ2v) is 4.99. The topological polar surface area (TPSA) is 57.5 Å². The van der Waals surface area contributed by atoms with Crippen molar-refractivity contribution in [1.82, 2.24) is 0 Å². The first kappa shape index (κ1) is 13.9. The SMILES string of the molecule is CCCCCSCC(=O)c1ccc(O)cc1O. The van der Waals surface area contributed by atoms with E-state index < -0.39 is 0 Å². The Morgan fingerprint density at radius 2 is 2.06 bits per heavy atom. The summed E-state index contributed by atoms with van der Waals surface area (Å²) in [6.45, 7) is 2.14. The number of hydrogen-bond acceptors (Lipinski definition) is 4. The number of thioether (sulfide) groups is 1. The Morgan fingerprint density at radius 3 is 2.71 bits per heavy atom. The van der Waals surface area contributed by atoms with Gasteiger partial charge in [0.2, 0.25) is 0 Å². The van der Waals surface area contributed by atoms with E-state index in [1.54, 1.807) is 11.8 Å². The van der Waals surface area contributed by atoms with Gasteiger partial charge < -0.3 is 10.2 Å². The zero-order valence-electron chi connectivity index (χ0n) is 9.98. The van der Waals surface area contributed by atoms with Crippen LogP contribution in [-0.4, -0.2) is 27.5 Å². The van der Waals surface area contributed by atoms with Gasteiger partial charge in [0.25, 0.3) is 0 Å². The average molecular weight is 254 g/mol. The van der Waals surface area contributed by atoms with Crippen LogP contribution < -0.4 is 0 Å². The van der Waals surface area contributed by atoms with E-state index in [1.807, 2.05) is 0 Å². The number of Topliss-reactive ketones (excluding diaryl/α,β-unsaturated/α-hetero) is 1. The van der Waals surface area contributed by atoms with Crippen LogP contribution in [0.4, 0.5) is 0 Å². The van der Waals surface area contributed by atoms with Gasteiger partial charge in [0.05, 0.1) is 11.3 Å². The maximum atomic E-state index is 11.7. The smallest absolute Gasteiger partial charge is 0.176 e. The molecule has 17 heavy (non-hydrogen) atoms. The maximum absolute atomic E-state index is 11.7. The number of unbranched alkanes of at least 4 members (excludes halogenated alkanes) is 2. The highest BCUT2D eigenvalue weighted by molar-refractivity contribution is 7.99. The molecule has 0 unspecified atom stereocenters. The molecule has 0 aliphatic heterocycles. The average Bonchev–Trinajstić information content (AvgIpc) is 2.28. The lowest BCUT2D eigenvalue weighted by atomic mass is 10.1. The Morgan fingerprint density at radius 1 is 1.29 bits per heavy atom. The summed E-state index contributed by atoms with van der Waals surface area (Å²) in [6.07, 6.45) is 3.48. The Hall–Kier alpha value is -1.16. The fraction of sp³-hybridized carbons (Fsp3) is 0.462. The molecule has 1 aromatic rings. The minimum absolute atomic E-state index is 0.0327. The van der Waals surface area contributed by atoms with Crippen LogP contribution in [0.15, 0.2) is 18.2 Å². The van der Waals surface area contributed by atoms with Crippen LogP contribution in [0.2, 0.25) is 0 Å². The summed E-state index contributed by atoms with van der Waals surface area (Å²) in [5.41, 5.74) is 0.283. The van der Waals surface area contributed by atoms with Crippen molar-refractivity contribution < 1.29 is 15.0 Å². The number of carbonyl (C=O) groups is 1. The highest BCUT2D eigenvalue weighted by Gasteiger charge is 2.11. The molecule has 0 heterocycles. The van der Waals surface area contributed by atoms with Crippen LogP contribution in [0.25, 0.3) is 0 Å². The molecule has 0 aromatic heterocycles. The predicted octanol–water partition coefficient (Wildman–Crippen LogP) is 3.20. The molecule has 0 aliphatic carbocycles. The predicted molar refractivity (Wildman–Crippen MR) is 71.0 cm³/mol. The molecular formula is C13H18O3S. The number of aromatic hydroxyl groups is 2. The van der Waals surface area contributed by atoms with Gasteiger partial charge in [0.15, 0.2) is 5.78 Å². The third kappa shape index (κ3) is 4.69. The minimum atomic E-state index is -0.149. The third-order valence-corrected chi connectivity index (χ3v) is 3.45. The van der Waals surface area contributed by atoms with E-state index in [4.69, 9.17) is 5.11 Å². The van der Waals surface area contributed by atoms with Crippen LogP contribution in [-0.2, 0) is 0 Å². The first-order valence-electron chi connectivity index (χ1n) is 5.78. The molecule has 0 saturated heterocycles. The summed E-state index contributed by atoms with van der Waals surface area (Å²) in [6, 6.07) is 4.06. The maximum Gasteiger partial charge on any atom is 0.176 e. The van der Waals surface area contributed by atoms with Crippen molar-refractivity contribution in [2.24, 2.45) is 0 Å². The van der Waals surface area contributed by atoms with E-state index in [2.05, 4.69) is 6.92 Å². The third-order valence-electron chi connectivity index (χ3n) is 2.41. The molecule has 0 fully saturated rings. The first-order valence-corrected chi connectivity index (χ1v) is 6.93. The zero-order chi connectivity index (χ0) is 12.7. The molecule has 0 spiro atoms. The molecule has 2 N–H and O–H groups in total. The minimum Gasteiger partial charge on any atom is -0.508 e. The number of phenolic OH excluding ortho intramolecular Hbond substituents is 2. The fourth-order valence-electron chi connectivity index (χ4n) is 1.45. The highest BCUT2D eigenvalue weighted by Crippen LogP contribution is 2.24. The second-order valence-electron chi connectivity index (χ2n) is 3.88. The summed E-state index contributed by atoms with van der Waals surface area (Å²) < 4.78 is 0. The first-order chi connectivity index (χ1) is 8.15. The molecule has 3 nitrogen and oxygen atoms in total. The number of phenols is 2. The van der Waals surface area contributed by atoms with E-state index in [9.17, 15) is 9.90 Å². The van der Waals surface area contributed by atoms with Crippen molar-refractivity contribution in [3.05, 3.63) is 23.8 Å². The fourth-order valence-corrected chi connectivity index (χ4v) is 2.35. The molecule has 0 amide bonds. The van der Waals surface area contributed by atoms with E-state index in [0.717, 1.165) is 12.2 Å². The van der Waals surface area contributed by atoms with Crippen LogP contribution >= 0.6 is 11.8 Å². The van der Waals surface area contributed by atoms with Gasteiger partial charge in [-0.1, -0.05) is 19.8 Å². The van der Waals surface area contributed by atoms with Crippen molar-refractivity contribution in [2.75, 3.05) is 11.5 Å². The molecule has 0 radical (unpaired) electrons. The van der Waals surface area contributed by atoms with Crippen molar-refractivity contribution in [3.63, 3.8) is 0 Å². The number of hydrogen-bond donors (Lipinski definition) is 2. The van der Waals surface area contributed by atoms with Gasteiger partial charge in [0, 0.05) is 6.07 Å². The largest absolute Gasteiger partial charge is 0.508 e. The standard InChI is InChI=1S/C13H18O3S/c1-2-3-4-7-17-9-13(16)11-6-5-10(14)8-12(11)15/h5-6,8,14-15H,2-4,7,9H2,1H3. The molecule has 94 valence electrons. The number of rotatable bonds is 7. The number of carbonyl (C=O) groups excluding carboxylic acids is 1. The number of ketones is 1. The Labute approximate surface area is 106 Å². The number of benzene rings is 1. The lowest BCUT2D eigenvalue weighted by molar-refractivity contribution is 0.102. The van der Waals surface area contributed by atoms with E-state index in [0.29, 0.717) is 5.75 Å². The lowest BCUT2D eigenvalue weighted by Crippen LogP contribution is -2.03. The summed E-state index contributed by atoms with van der Waals surface area (Å²) in [5.74, 6) is 1.07. The second kappa shape index (κ2) is 7.22. The molecule has 0 bridgehead atoms. The Kier molecular flexibility index (Phi) is 5.91. The lowest BCUT2D eigenvalue weighted by Gasteiger charge is -2.04. The van der Waals surface area contributed by atoms with Crippen LogP contribution in [0.3, 0.4) is 0 Å². The summed E-state index contributed by atoms with van der Waals surface area (Å²) in [7, 11) is 0.